The first-order chi connectivity index (χ1) is 13.5. The summed E-state index contributed by atoms with van der Waals surface area (Å²) >= 11 is 0. The van der Waals surface area contributed by atoms with E-state index in [4.69, 9.17) is 18.6 Å². The summed E-state index contributed by atoms with van der Waals surface area (Å²) in [7, 11) is 4.37. The fraction of sp³-hybridized carbons (Fsp3) is 0.158. The average molecular weight is 384 g/mol. The van der Waals surface area contributed by atoms with Gasteiger partial charge in [-0.25, -0.2) is 4.98 Å². The SMILES string of the molecule is COc1cc(C(=O)c2coc(-c3ccc([N+](=O)[O-])cc3)n2)cc(OC)c1OC. The summed E-state index contributed by atoms with van der Waals surface area (Å²) in [5, 5.41) is 10.7. The highest BCUT2D eigenvalue weighted by atomic mass is 16.6. The van der Waals surface area contributed by atoms with Gasteiger partial charge in [0.1, 0.15) is 6.26 Å². The molecule has 0 radical (unpaired) electrons. The van der Waals surface area contributed by atoms with Crippen LogP contribution in [0.15, 0.2) is 47.1 Å². The molecule has 0 fully saturated rings. The molecule has 0 spiro atoms. The van der Waals surface area contributed by atoms with Crippen molar-refractivity contribution in [2.24, 2.45) is 0 Å². The van der Waals surface area contributed by atoms with Gasteiger partial charge in [0.05, 0.1) is 26.3 Å². The van der Waals surface area contributed by atoms with Crippen LogP contribution in [-0.2, 0) is 0 Å². The molecule has 0 amide bonds. The number of nitro groups is 1. The monoisotopic (exact) mass is 384 g/mol. The molecule has 144 valence electrons. The number of benzene rings is 2. The Balaban J connectivity index is 1.93. The Morgan fingerprint density at radius 2 is 1.64 bits per heavy atom. The van der Waals surface area contributed by atoms with Crippen molar-refractivity contribution in [2.45, 2.75) is 0 Å². The minimum Gasteiger partial charge on any atom is -0.493 e. The van der Waals surface area contributed by atoms with Crippen LogP contribution < -0.4 is 14.2 Å². The second kappa shape index (κ2) is 7.78. The molecule has 9 nitrogen and oxygen atoms in total. The van der Waals surface area contributed by atoms with Gasteiger partial charge >= 0.3 is 0 Å². The van der Waals surface area contributed by atoms with Crippen molar-refractivity contribution in [1.82, 2.24) is 4.98 Å². The summed E-state index contributed by atoms with van der Waals surface area (Å²) in [4.78, 5) is 27.2. The molecule has 3 aromatic rings. The van der Waals surface area contributed by atoms with E-state index in [1.165, 1.54) is 64.0 Å². The molecule has 28 heavy (non-hydrogen) atoms. The number of nitrogens with zero attached hydrogens (tertiary/aromatic N) is 2. The van der Waals surface area contributed by atoms with Crippen molar-refractivity contribution in [3.8, 4) is 28.7 Å². The molecule has 1 aromatic heterocycles. The quantitative estimate of drug-likeness (QED) is 0.345. The van der Waals surface area contributed by atoms with Crippen molar-refractivity contribution in [3.63, 3.8) is 0 Å². The normalized spacial score (nSPS) is 10.4. The fourth-order valence-electron chi connectivity index (χ4n) is 2.60. The van der Waals surface area contributed by atoms with Gasteiger partial charge in [-0.3, -0.25) is 14.9 Å². The number of ether oxygens (including phenoxy) is 3. The number of methoxy groups -OCH3 is 3. The standard InChI is InChI=1S/C19H16N2O7/c1-25-15-8-12(9-16(26-2)18(15)27-3)17(22)14-10-28-19(20-14)11-4-6-13(7-5-11)21(23)24/h4-10H,1-3H3. The third-order valence-electron chi connectivity index (χ3n) is 3.99. The maximum atomic E-state index is 12.8. The van der Waals surface area contributed by atoms with Gasteiger partial charge in [0.2, 0.25) is 17.4 Å². The number of rotatable bonds is 7. The number of non-ortho nitro benzene ring substituents is 1. The van der Waals surface area contributed by atoms with Crippen LogP contribution in [0.25, 0.3) is 11.5 Å². The summed E-state index contributed by atoms with van der Waals surface area (Å²) in [6, 6.07) is 8.70. The molecule has 0 saturated heterocycles. The predicted molar refractivity (Wildman–Crippen MR) is 98.1 cm³/mol. The molecule has 0 aliphatic heterocycles. The van der Waals surface area contributed by atoms with Crippen molar-refractivity contribution < 1.29 is 28.3 Å². The Labute approximate surface area is 159 Å². The zero-order valence-electron chi connectivity index (χ0n) is 15.3. The number of nitro benzene ring substituents is 1. The van der Waals surface area contributed by atoms with Gasteiger partial charge in [-0.05, 0) is 24.3 Å². The van der Waals surface area contributed by atoms with E-state index < -0.39 is 10.7 Å². The molecule has 2 aromatic carbocycles. The minimum atomic E-state index is -0.501. The van der Waals surface area contributed by atoms with E-state index in [1.54, 1.807) is 0 Å². The summed E-state index contributed by atoms with van der Waals surface area (Å²) in [5.41, 5.74) is 0.805. The maximum Gasteiger partial charge on any atom is 0.269 e. The van der Waals surface area contributed by atoms with Crippen LogP contribution in [0.2, 0.25) is 0 Å². The van der Waals surface area contributed by atoms with Crippen molar-refractivity contribution in [1.29, 1.82) is 0 Å². The molecule has 1 heterocycles. The lowest BCUT2D eigenvalue weighted by Gasteiger charge is -2.13. The topological polar surface area (TPSA) is 114 Å². The van der Waals surface area contributed by atoms with Crippen molar-refractivity contribution in [2.75, 3.05) is 21.3 Å². The first kappa shape index (κ1) is 18.9. The van der Waals surface area contributed by atoms with Gasteiger partial charge in [-0.2, -0.15) is 0 Å². The maximum absolute atomic E-state index is 12.8. The zero-order valence-corrected chi connectivity index (χ0v) is 15.3. The Bertz CT molecular complexity index is 1000. The minimum absolute atomic E-state index is 0.0518. The summed E-state index contributed by atoms with van der Waals surface area (Å²) in [5.74, 6) is 0.809. The lowest BCUT2D eigenvalue weighted by molar-refractivity contribution is -0.384. The molecule has 0 saturated carbocycles. The second-order valence-electron chi connectivity index (χ2n) is 5.59. The number of hydrogen-bond donors (Lipinski definition) is 0. The Morgan fingerprint density at radius 3 is 2.14 bits per heavy atom. The first-order valence-corrected chi connectivity index (χ1v) is 8.03. The van der Waals surface area contributed by atoms with Gasteiger partial charge < -0.3 is 18.6 Å². The van der Waals surface area contributed by atoms with Crippen molar-refractivity contribution in [3.05, 3.63) is 64.0 Å². The van der Waals surface area contributed by atoms with Gasteiger partial charge in [0.25, 0.3) is 5.69 Å². The lowest BCUT2D eigenvalue weighted by atomic mass is 10.1. The molecule has 0 aliphatic rings. The highest BCUT2D eigenvalue weighted by molar-refractivity contribution is 6.08. The Kier molecular flexibility index (Phi) is 5.25. The van der Waals surface area contributed by atoms with Crippen LogP contribution in [0.4, 0.5) is 5.69 Å². The molecule has 0 bridgehead atoms. The van der Waals surface area contributed by atoms with E-state index in [2.05, 4.69) is 4.98 Å². The van der Waals surface area contributed by atoms with E-state index >= 15 is 0 Å². The highest BCUT2D eigenvalue weighted by Gasteiger charge is 2.21. The number of aromatic nitrogens is 1. The predicted octanol–water partition coefficient (Wildman–Crippen LogP) is 3.51. The van der Waals surface area contributed by atoms with Crippen molar-refractivity contribution >= 4 is 11.5 Å². The van der Waals surface area contributed by atoms with E-state index in [0.29, 0.717) is 22.8 Å². The lowest BCUT2D eigenvalue weighted by Crippen LogP contribution is -2.04. The summed E-state index contributed by atoms with van der Waals surface area (Å²) in [6.45, 7) is 0. The van der Waals surface area contributed by atoms with Crippen LogP contribution in [0.3, 0.4) is 0 Å². The highest BCUT2D eigenvalue weighted by Crippen LogP contribution is 2.38. The molecule has 3 rings (SSSR count). The summed E-state index contributed by atoms with van der Waals surface area (Å²) in [6.07, 6.45) is 1.22. The first-order valence-electron chi connectivity index (χ1n) is 8.03. The second-order valence-corrected chi connectivity index (χ2v) is 5.59. The number of carbonyl (C=O) groups is 1. The summed E-state index contributed by atoms with van der Waals surface area (Å²) < 4.78 is 21.1. The number of hydrogen-bond acceptors (Lipinski definition) is 8. The van der Waals surface area contributed by atoms with Gasteiger partial charge in [0.15, 0.2) is 17.2 Å². The van der Waals surface area contributed by atoms with Gasteiger partial charge in [0, 0.05) is 23.3 Å². The molecular weight excluding hydrogens is 368 g/mol. The molecule has 0 atom stereocenters. The van der Waals surface area contributed by atoms with E-state index in [1.807, 2.05) is 0 Å². The fourth-order valence-corrected chi connectivity index (χ4v) is 2.60. The number of carbonyl (C=O) groups excluding carboxylic acids is 1. The molecular formula is C19H16N2O7. The Morgan fingerprint density at radius 1 is 1.04 bits per heavy atom. The molecule has 0 aliphatic carbocycles. The van der Waals surface area contributed by atoms with Crippen LogP contribution >= 0.6 is 0 Å². The average Bonchev–Trinajstić information content (AvgIpc) is 3.22. The van der Waals surface area contributed by atoms with Crippen LogP contribution in [0, 0.1) is 10.1 Å². The van der Waals surface area contributed by atoms with E-state index in [0.717, 1.165) is 0 Å². The van der Waals surface area contributed by atoms with E-state index in [-0.39, 0.29) is 22.8 Å². The van der Waals surface area contributed by atoms with Crippen LogP contribution in [-0.4, -0.2) is 37.0 Å². The molecule has 9 heteroatoms. The smallest absolute Gasteiger partial charge is 0.269 e. The molecule has 0 unspecified atom stereocenters. The largest absolute Gasteiger partial charge is 0.493 e. The Hall–Kier alpha value is -3.88. The van der Waals surface area contributed by atoms with Crippen LogP contribution in [0.5, 0.6) is 17.2 Å². The van der Waals surface area contributed by atoms with Crippen LogP contribution in [0.1, 0.15) is 16.1 Å². The number of oxazole rings is 1. The van der Waals surface area contributed by atoms with Gasteiger partial charge in [-0.15, -0.1) is 0 Å². The number of ketones is 1. The van der Waals surface area contributed by atoms with Gasteiger partial charge in [-0.1, -0.05) is 0 Å². The van der Waals surface area contributed by atoms with E-state index in [9.17, 15) is 14.9 Å². The third kappa shape index (κ3) is 3.50. The third-order valence-corrected chi connectivity index (χ3v) is 3.99. The zero-order chi connectivity index (χ0) is 20.3. The molecule has 0 N–H and O–H groups in total.